The molecule has 2 aromatic carbocycles. The second-order valence-corrected chi connectivity index (χ2v) is 9.90. The van der Waals surface area contributed by atoms with Gasteiger partial charge in [0.05, 0.1) is 15.2 Å². The Morgan fingerprint density at radius 1 is 1.06 bits per heavy atom. The molecular weight excluding hydrogens is 454 g/mol. The summed E-state index contributed by atoms with van der Waals surface area (Å²) >= 11 is 9.50. The lowest BCUT2D eigenvalue weighted by atomic mass is 10.2. The number of hydrogen-bond donors (Lipinski definition) is 0. The van der Waals surface area contributed by atoms with E-state index >= 15 is 0 Å². The van der Waals surface area contributed by atoms with Crippen LogP contribution in [0.3, 0.4) is 0 Å². The van der Waals surface area contributed by atoms with Crippen LogP contribution in [0.25, 0.3) is 20.3 Å². The third-order valence-corrected chi connectivity index (χ3v) is 7.72. The van der Waals surface area contributed by atoms with Crippen molar-refractivity contribution in [2.45, 2.75) is 0 Å². The van der Waals surface area contributed by atoms with Gasteiger partial charge in [-0.1, -0.05) is 41.1 Å². The Balaban J connectivity index is 1.56. The third kappa shape index (κ3) is 3.85. The van der Waals surface area contributed by atoms with Gasteiger partial charge in [-0.25, -0.2) is 4.98 Å². The SMILES string of the molecule is CN(C)CCN(C(=O)c1sc2ccccc2c1Cl)c1nc2cc3c(cc2s1)OCCO3. The van der Waals surface area contributed by atoms with Crippen molar-refractivity contribution in [2.24, 2.45) is 0 Å². The summed E-state index contributed by atoms with van der Waals surface area (Å²) in [6.45, 7) is 2.26. The Morgan fingerprint density at radius 2 is 1.81 bits per heavy atom. The summed E-state index contributed by atoms with van der Waals surface area (Å²) in [5, 5.41) is 2.04. The van der Waals surface area contributed by atoms with Gasteiger partial charge in [-0.2, -0.15) is 0 Å². The second-order valence-electron chi connectivity index (χ2n) is 7.46. The summed E-state index contributed by atoms with van der Waals surface area (Å²) < 4.78 is 13.3. The zero-order valence-corrected chi connectivity index (χ0v) is 19.4. The van der Waals surface area contributed by atoms with E-state index in [1.54, 1.807) is 4.90 Å². The monoisotopic (exact) mass is 473 g/mol. The average molecular weight is 474 g/mol. The molecule has 0 aliphatic carbocycles. The molecule has 6 nitrogen and oxygen atoms in total. The number of thiophene rings is 1. The third-order valence-electron chi connectivity index (χ3n) is 5.02. The molecule has 0 fully saturated rings. The summed E-state index contributed by atoms with van der Waals surface area (Å²) in [4.78, 5) is 22.7. The molecule has 31 heavy (non-hydrogen) atoms. The van der Waals surface area contributed by atoms with Gasteiger partial charge in [0.1, 0.15) is 18.1 Å². The van der Waals surface area contributed by atoms with E-state index < -0.39 is 0 Å². The molecular formula is C22H20ClN3O3S2. The Labute approximate surface area is 192 Å². The maximum atomic E-state index is 13.6. The molecule has 0 spiro atoms. The second kappa shape index (κ2) is 8.27. The van der Waals surface area contributed by atoms with Gasteiger partial charge in [0.15, 0.2) is 16.6 Å². The molecule has 0 saturated carbocycles. The number of carbonyl (C=O) groups excluding carboxylic acids is 1. The highest BCUT2D eigenvalue weighted by Gasteiger charge is 2.27. The molecule has 0 unspecified atom stereocenters. The number of nitrogens with zero attached hydrogens (tertiary/aromatic N) is 3. The van der Waals surface area contributed by atoms with Crippen LogP contribution in [0.1, 0.15) is 9.67 Å². The first-order valence-electron chi connectivity index (χ1n) is 9.85. The Hall–Kier alpha value is -2.39. The minimum Gasteiger partial charge on any atom is -0.486 e. The number of amides is 1. The minimum absolute atomic E-state index is 0.135. The number of thiazole rings is 1. The highest BCUT2D eigenvalue weighted by molar-refractivity contribution is 7.23. The van der Waals surface area contributed by atoms with Crippen LogP contribution in [0.15, 0.2) is 36.4 Å². The number of likely N-dealkylation sites (N-methyl/N-ethyl adjacent to an activating group) is 1. The largest absolute Gasteiger partial charge is 0.486 e. The Kier molecular flexibility index (Phi) is 5.47. The molecule has 9 heteroatoms. The standard InChI is InChI=1S/C22H20ClN3O3S2/c1-25(2)7-8-26(21(27)20-19(23)13-5-3-4-6-17(13)30-20)22-24-14-11-15-16(12-18(14)31-22)29-10-9-28-15/h3-6,11-12H,7-10H2,1-2H3. The van der Waals surface area contributed by atoms with Crippen molar-refractivity contribution in [2.75, 3.05) is 45.3 Å². The van der Waals surface area contributed by atoms with Crippen molar-refractivity contribution in [3.05, 3.63) is 46.3 Å². The lowest BCUT2D eigenvalue weighted by Gasteiger charge is -2.21. The molecule has 3 heterocycles. The molecule has 5 rings (SSSR count). The highest BCUT2D eigenvalue weighted by Crippen LogP contribution is 2.40. The number of hydrogen-bond acceptors (Lipinski definition) is 7. The van der Waals surface area contributed by atoms with Gasteiger partial charge in [0, 0.05) is 35.3 Å². The zero-order chi connectivity index (χ0) is 21.5. The van der Waals surface area contributed by atoms with Crippen LogP contribution >= 0.6 is 34.3 Å². The highest BCUT2D eigenvalue weighted by atomic mass is 35.5. The number of rotatable bonds is 5. The van der Waals surface area contributed by atoms with E-state index in [1.807, 2.05) is 55.4 Å². The van der Waals surface area contributed by atoms with Crippen LogP contribution in [0.5, 0.6) is 11.5 Å². The van der Waals surface area contributed by atoms with Gasteiger partial charge in [0.2, 0.25) is 0 Å². The van der Waals surface area contributed by atoms with Crippen molar-refractivity contribution >= 4 is 65.6 Å². The normalized spacial score (nSPS) is 13.3. The lowest BCUT2D eigenvalue weighted by molar-refractivity contribution is 0.0989. The number of benzene rings is 2. The van der Waals surface area contributed by atoms with Crippen molar-refractivity contribution in [3.63, 3.8) is 0 Å². The van der Waals surface area contributed by atoms with Crippen LogP contribution in [0, 0.1) is 0 Å². The summed E-state index contributed by atoms with van der Waals surface area (Å²) in [6, 6.07) is 11.6. The molecule has 160 valence electrons. The first-order valence-corrected chi connectivity index (χ1v) is 11.9. The molecule has 1 aliphatic rings. The van der Waals surface area contributed by atoms with Crippen molar-refractivity contribution in [1.82, 2.24) is 9.88 Å². The van der Waals surface area contributed by atoms with Gasteiger partial charge >= 0.3 is 0 Å². The van der Waals surface area contributed by atoms with Crippen LogP contribution in [-0.2, 0) is 0 Å². The predicted molar refractivity (Wildman–Crippen MR) is 128 cm³/mol. The number of anilines is 1. The molecule has 4 aromatic rings. The lowest BCUT2D eigenvalue weighted by Crippen LogP contribution is -2.36. The number of halogens is 1. The molecule has 1 amide bonds. The fraction of sp³-hybridized carbons (Fsp3) is 0.273. The quantitative estimate of drug-likeness (QED) is 0.401. The molecule has 0 atom stereocenters. The van der Waals surface area contributed by atoms with Crippen molar-refractivity contribution in [3.8, 4) is 11.5 Å². The van der Waals surface area contributed by atoms with E-state index in [-0.39, 0.29) is 5.91 Å². The van der Waals surface area contributed by atoms with Gasteiger partial charge < -0.3 is 14.4 Å². The van der Waals surface area contributed by atoms with Crippen LogP contribution in [0.4, 0.5) is 5.13 Å². The summed E-state index contributed by atoms with van der Waals surface area (Å²) in [5.74, 6) is 1.27. The topological polar surface area (TPSA) is 54.9 Å². The molecule has 0 saturated heterocycles. The Bertz CT molecular complexity index is 1240. The maximum absolute atomic E-state index is 13.6. The minimum atomic E-state index is -0.135. The number of fused-ring (bicyclic) bond motifs is 3. The molecule has 2 aromatic heterocycles. The van der Waals surface area contributed by atoms with Gasteiger partial charge in [-0.05, 0) is 20.2 Å². The van der Waals surface area contributed by atoms with E-state index in [4.69, 9.17) is 26.1 Å². The maximum Gasteiger partial charge on any atom is 0.271 e. The predicted octanol–water partition coefficient (Wildman–Crippen LogP) is 5.14. The van der Waals surface area contributed by atoms with E-state index in [0.29, 0.717) is 52.8 Å². The zero-order valence-electron chi connectivity index (χ0n) is 17.1. The number of ether oxygens (including phenoxy) is 2. The molecule has 1 aliphatic heterocycles. The van der Waals surface area contributed by atoms with Crippen molar-refractivity contribution < 1.29 is 14.3 Å². The van der Waals surface area contributed by atoms with Gasteiger partial charge in [-0.3, -0.25) is 9.69 Å². The number of carbonyl (C=O) groups is 1. The van der Waals surface area contributed by atoms with Crippen molar-refractivity contribution in [1.29, 1.82) is 0 Å². The molecule has 0 radical (unpaired) electrons. The molecule has 0 N–H and O–H groups in total. The van der Waals surface area contributed by atoms with E-state index in [1.165, 1.54) is 22.7 Å². The fourth-order valence-corrected chi connectivity index (χ4v) is 5.89. The first kappa shape index (κ1) is 20.5. The fourth-order valence-electron chi connectivity index (χ4n) is 3.43. The summed E-state index contributed by atoms with van der Waals surface area (Å²) in [5.41, 5.74) is 0.786. The van der Waals surface area contributed by atoms with E-state index in [0.717, 1.165) is 20.3 Å². The van der Waals surface area contributed by atoms with E-state index in [2.05, 4.69) is 0 Å². The van der Waals surface area contributed by atoms with E-state index in [9.17, 15) is 4.79 Å². The van der Waals surface area contributed by atoms with Crippen LogP contribution < -0.4 is 14.4 Å². The average Bonchev–Trinajstić information content (AvgIpc) is 3.32. The van der Waals surface area contributed by atoms with Gasteiger partial charge in [-0.15, -0.1) is 11.3 Å². The molecule has 0 bridgehead atoms. The smallest absolute Gasteiger partial charge is 0.271 e. The number of aromatic nitrogens is 1. The first-order chi connectivity index (χ1) is 15.0. The summed E-state index contributed by atoms with van der Waals surface area (Å²) in [6.07, 6.45) is 0. The Morgan fingerprint density at radius 3 is 2.55 bits per heavy atom. The van der Waals surface area contributed by atoms with Crippen LogP contribution in [-0.4, -0.2) is 56.2 Å². The summed E-state index contributed by atoms with van der Waals surface area (Å²) in [7, 11) is 3.96. The van der Waals surface area contributed by atoms with Gasteiger partial charge in [0.25, 0.3) is 5.91 Å². The van der Waals surface area contributed by atoms with Crippen LogP contribution in [0.2, 0.25) is 5.02 Å².